The van der Waals surface area contributed by atoms with Crippen LogP contribution in [-0.4, -0.2) is 15.3 Å². The second kappa shape index (κ2) is 4.61. The van der Waals surface area contributed by atoms with Crippen LogP contribution in [0.1, 0.15) is 11.1 Å². The lowest BCUT2D eigenvalue weighted by Crippen LogP contribution is -1.90. The van der Waals surface area contributed by atoms with E-state index >= 15 is 0 Å². The summed E-state index contributed by atoms with van der Waals surface area (Å²) in [7, 11) is 0. The van der Waals surface area contributed by atoms with Crippen LogP contribution >= 0.6 is 0 Å². The van der Waals surface area contributed by atoms with Crippen LogP contribution in [0.25, 0.3) is 11.5 Å². The molecule has 0 spiro atoms. The molecule has 0 saturated heterocycles. The number of aliphatic hydroxyl groups is 2. The minimum Gasteiger partial charge on any atom is -0.508 e. The largest absolute Gasteiger partial charge is 0.508 e. The van der Waals surface area contributed by atoms with Crippen LogP contribution < -0.4 is 0 Å². The number of hydrogen-bond acceptors (Lipinski definition) is 3. The number of hydrogen-bond donors (Lipinski definition) is 3. The molecule has 0 amide bonds. The van der Waals surface area contributed by atoms with Crippen molar-refractivity contribution in [1.82, 2.24) is 0 Å². The van der Waals surface area contributed by atoms with E-state index in [4.69, 9.17) is 0 Å². The van der Waals surface area contributed by atoms with E-state index in [1.165, 1.54) is 12.1 Å². The Kier molecular flexibility index (Phi) is 3.01. The van der Waals surface area contributed by atoms with Gasteiger partial charge in [0.05, 0.1) is 0 Å². The third-order valence-corrected chi connectivity index (χ3v) is 2.39. The first-order valence-corrected chi connectivity index (χ1v) is 5.15. The molecule has 3 N–H and O–H groups in total. The molecule has 0 saturated carbocycles. The van der Waals surface area contributed by atoms with E-state index in [9.17, 15) is 15.3 Å². The number of benzene rings is 2. The first-order chi connectivity index (χ1) is 8.18. The van der Waals surface area contributed by atoms with Gasteiger partial charge in [-0.25, -0.2) is 0 Å². The van der Waals surface area contributed by atoms with Gasteiger partial charge >= 0.3 is 0 Å². The molecule has 17 heavy (non-hydrogen) atoms. The zero-order chi connectivity index (χ0) is 12.3. The zero-order valence-electron chi connectivity index (χ0n) is 9.04. The lowest BCUT2D eigenvalue weighted by Gasteiger charge is -2.05. The Hall–Kier alpha value is -2.42. The molecule has 0 heterocycles. The molecule has 3 heteroatoms. The van der Waals surface area contributed by atoms with Gasteiger partial charge in [0.1, 0.15) is 5.75 Å². The second-order valence-electron chi connectivity index (χ2n) is 3.61. The summed E-state index contributed by atoms with van der Waals surface area (Å²) in [6.45, 7) is 0. The quantitative estimate of drug-likeness (QED) is 0.545. The maximum absolute atomic E-state index is 9.89. The van der Waals surface area contributed by atoms with E-state index in [1.54, 1.807) is 36.4 Å². The summed E-state index contributed by atoms with van der Waals surface area (Å²) in [4.78, 5) is 0. The van der Waals surface area contributed by atoms with Crippen molar-refractivity contribution in [2.24, 2.45) is 0 Å². The standard InChI is InChI=1S/C14H12O3/c15-12-8-4-7-11(9-12)14(17)13(16)10-5-2-1-3-6-10/h1-9,15-17H. The van der Waals surface area contributed by atoms with Crippen molar-refractivity contribution < 1.29 is 15.3 Å². The van der Waals surface area contributed by atoms with Crippen LogP contribution in [0.3, 0.4) is 0 Å². The minimum atomic E-state index is -0.257. The molecule has 2 aromatic carbocycles. The van der Waals surface area contributed by atoms with Gasteiger partial charge in [0, 0.05) is 11.1 Å². The maximum atomic E-state index is 9.89. The van der Waals surface area contributed by atoms with Gasteiger partial charge in [-0.05, 0) is 12.1 Å². The fourth-order valence-corrected chi connectivity index (χ4v) is 1.52. The summed E-state index contributed by atoms with van der Waals surface area (Å²) in [5, 5.41) is 29.1. The van der Waals surface area contributed by atoms with Gasteiger partial charge in [-0.15, -0.1) is 0 Å². The molecule has 0 atom stereocenters. The topological polar surface area (TPSA) is 60.7 Å². The summed E-state index contributed by atoms with van der Waals surface area (Å²) in [5.74, 6) is -0.432. The highest BCUT2D eigenvalue weighted by Gasteiger charge is 2.09. The Bertz CT molecular complexity index is 544. The zero-order valence-corrected chi connectivity index (χ0v) is 9.04. The van der Waals surface area contributed by atoms with Gasteiger partial charge < -0.3 is 15.3 Å². The first-order valence-electron chi connectivity index (χ1n) is 5.15. The molecule has 0 bridgehead atoms. The SMILES string of the molecule is OC(=C(O)c1cccc(O)c1)c1ccccc1. The molecule has 86 valence electrons. The number of rotatable bonds is 2. The van der Waals surface area contributed by atoms with Gasteiger partial charge in [0.25, 0.3) is 0 Å². The Morgan fingerprint density at radius 1 is 0.706 bits per heavy atom. The first kappa shape index (κ1) is 11.1. The Balaban J connectivity index is 2.45. The van der Waals surface area contributed by atoms with Gasteiger partial charge in [0.2, 0.25) is 0 Å². The number of aliphatic hydroxyl groups excluding tert-OH is 2. The Morgan fingerprint density at radius 3 is 1.94 bits per heavy atom. The molecule has 2 rings (SSSR count). The third kappa shape index (κ3) is 2.39. The molecule has 2 aromatic rings. The van der Waals surface area contributed by atoms with Crippen molar-refractivity contribution in [1.29, 1.82) is 0 Å². The van der Waals surface area contributed by atoms with E-state index in [-0.39, 0.29) is 17.3 Å². The van der Waals surface area contributed by atoms with Crippen LogP contribution in [0.5, 0.6) is 5.75 Å². The molecule has 0 aromatic heterocycles. The van der Waals surface area contributed by atoms with Crippen LogP contribution in [0.15, 0.2) is 54.6 Å². The predicted octanol–water partition coefficient (Wildman–Crippen LogP) is 3.33. The maximum Gasteiger partial charge on any atom is 0.165 e. The molecule has 0 aliphatic carbocycles. The smallest absolute Gasteiger partial charge is 0.165 e. The number of aromatic hydroxyl groups is 1. The molecule has 0 fully saturated rings. The average Bonchev–Trinajstić information content (AvgIpc) is 2.38. The van der Waals surface area contributed by atoms with Gasteiger partial charge in [-0.2, -0.15) is 0 Å². The molecule has 0 aliphatic rings. The molecule has 0 radical (unpaired) electrons. The lowest BCUT2D eigenvalue weighted by molar-refractivity contribution is 0.456. The van der Waals surface area contributed by atoms with Gasteiger partial charge in [0.15, 0.2) is 11.5 Å². The normalized spacial score (nSPS) is 12.0. The van der Waals surface area contributed by atoms with Crippen molar-refractivity contribution in [3.8, 4) is 5.75 Å². The fourth-order valence-electron chi connectivity index (χ4n) is 1.52. The Morgan fingerprint density at radius 2 is 1.29 bits per heavy atom. The summed E-state index contributed by atoms with van der Waals surface area (Å²) >= 11 is 0. The minimum absolute atomic E-state index is 0.0370. The summed E-state index contributed by atoms with van der Waals surface area (Å²) < 4.78 is 0. The molecule has 0 unspecified atom stereocenters. The third-order valence-electron chi connectivity index (χ3n) is 2.39. The van der Waals surface area contributed by atoms with E-state index < -0.39 is 0 Å². The van der Waals surface area contributed by atoms with E-state index in [0.29, 0.717) is 11.1 Å². The average molecular weight is 228 g/mol. The van der Waals surface area contributed by atoms with Crippen LogP contribution in [-0.2, 0) is 0 Å². The molecule has 3 nitrogen and oxygen atoms in total. The number of phenols is 1. The lowest BCUT2D eigenvalue weighted by atomic mass is 10.1. The number of phenolic OH excluding ortho intramolecular Hbond substituents is 1. The summed E-state index contributed by atoms with van der Waals surface area (Å²) in [6.07, 6.45) is 0. The van der Waals surface area contributed by atoms with Crippen molar-refractivity contribution in [2.45, 2.75) is 0 Å². The van der Waals surface area contributed by atoms with Crippen molar-refractivity contribution in [3.63, 3.8) is 0 Å². The van der Waals surface area contributed by atoms with E-state index in [2.05, 4.69) is 0 Å². The molecule has 0 aliphatic heterocycles. The van der Waals surface area contributed by atoms with Gasteiger partial charge in [-0.3, -0.25) is 0 Å². The van der Waals surface area contributed by atoms with Gasteiger partial charge in [-0.1, -0.05) is 42.5 Å². The summed E-state index contributed by atoms with van der Waals surface area (Å²) in [5.41, 5.74) is 0.889. The highest BCUT2D eigenvalue weighted by Crippen LogP contribution is 2.24. The van der Waals surface area contributed by atoms with E-state index in [0.717, 1.165) is 0 Å². The monoisotopic (exact) mass is 228 g/mol. The molecular formula is C14H12O3. The highest BCUT2D eigenvalue weighted by molar-refractivity contribution is 5.82. The van der Waals surface area contributed by atoms with Crippen molar-refractivity contribution in [3.05, 3.63) is 65.7 Å². The van der Waals surface area contributed by atoms with Crippen LogP contribution in [0.2, 0.25) is 0 Å². The highest BCUT2D eigenvalue weighted by atomic mass is 16.3. The van der Waals surface area contributed by atoms with E-state index in [1.807, 2.05) is 6.07 Å². The molecular weight excluding hydrogens is 216 g/mol. The summed E-state index contributed by atoms with van der Waals surface area (Å²) in [6, 6.07) is 14.8. The Labute approximate surface area is 98.9 Å². The van der Waals surface area contributed by atoms with Crippen molar-refractivity contribution >= 4 is 11.5 Å². The van der Waals surface area contributed by atoms with Crippen LogP contribution in [0.4, 0.5) is 0 Å². The van der Waals surface area contributed by atoms with Crippen LogP contribution in [0, 0.1) is 0 Å². The second-order valence-corrected chi connectivity index (χ2v) is 3.61. The fraction of sp³-hybridized carbons (Fsp3) is 0. The predicted molar refractivity (Wildman–Crippen MR) is 66.6 cm³/mol. The van der Waals surface area contributed by atoms with Crippen molar-refractivity contribution in [2.75, 3.05) is 0 Å².